The Balaban J connectivity index is 2.47. The van der Waals surface area contributed by atoms with Gasteiger partial charge in [-0.15, -0.1) is 0 Å². The lowest BCUT2D eigenvalue weighted by molar-refractivity contribution is -0.191. The normalized spacial score (nSPS) is 28.8. The van der Waals surface area contributed by atoms with Crippen LogP contribution in [0.15, 0.2) is 11.8 Å². The summed E-state index contributed by atoms with van der Waals surface area (Å²) < 4.78 is 10.5. The van der Waals surface area contributed by atoms with E-state index in [1.54, 1.807) is 0 Å². The molecule has 0 aliphatic heterocycles. The maximum absolute atomic E-state index is 9.71. The first-order valence-electron chi connectivity index (χ1n) is 4.69. The maximum atomic E-state index is 9.71. The summed E-state index contributed by atoms with van der Waals surface area (Å²) in [6.07, 6.45) is 4.00. The number of hydrogen-bond acceptors (Lipinski definition) is 3. The van der Waals surface area contributed by atoms with Crippen LogP contribution < -0.4 is 0 Å². The van der Waals surface area contributed by atoms with E-state index in [1.807, 2.05) is 19.9 Å². The van der Waals surface area contributed by atoms with Crippen molar-refractivity contribution in [3.05, 3.63) is 11.8 Å². The highest BCUT2D eigenvalue weighted by Gasteiger charge is 2.29. The van der Waals surface area contributed by atoms with Crippen LogP contribution in [0.5, 0.6) is 0 Å². The van der Waals surface area contributed by atoms with Gasteiger partial charge in [0.05, 0.1) is 11.9 Å². The van der Waals surface area contributed by atoms with Crippen LogP contribution >= 0.6 is 0 Å². The van der Waals surface area contributed by atoms with Crippen LogP contribution in [-0.4, -0.2) is 24.1 Å². The number of methoxy groups -OCH3 is 1. The molecule has 3 heteroatoms. The van der Waals surface area contributed by atoms with Crippen LogP contribution in [0, 0.1) is 0 Å². The first kappa shape index (κ1) is 10.5. The molecule has 0 aromatic carbocycles. The van der Waals surface area contributed by atoms with Gasteiger partial charge < -0.3 is 14.6 Å². The lowest BCUT2D eigenvalue weighted by atomic mass is 9.99. The maximum Gasteiger partial charge on any atom is 0.169 e. The molecule has 76 valence electrons. The molecule has 1 unspecified atom stereocenters. The summed E-state index contributed by atoms with van der Waals surface area (Å²) >= 11 is 0. The molecule has 1 aliphatic carbocycles. The minimum Gasteiger partial charge on any atom is -0.496 e. The smallest absolute Gasteiger partial charge is 0.169 e. The number of ether oxygens (including phenoxy) is 2. The predicted octanol–water partition coefficient (Wildman–Crippen LogP) is 1.81. The third-order valence-corrected chi connectivity index (χ3v) is 2.18. The van der Waals surface area contributed by atoms with Crippen molar-refractivity contribution in [1.82, 2.24) is 0 Å². The van der Waals surface area contributed by atoms with Crippen molar-refractivity contribution in [2.75, 3.05) is 7.11 Å². The lowest BCUT2D eigenvalue weighted by Gasteiger charge is -2.30. The minimum absolute atomic E-state index is 0.208. The van der Waals surface area contributed by atoms with Gasteiger partial charge in [-0.1, -0.05) is 0 Å². The Hall–Kier alpha value is -0.540. The van der Waals surface area contributed by atoms with Gasteiger partial charge in [0.1, 0.15) is 0 Å². The van der Waals surface area contributed by atoms with Gasteiger partial charge in [0.25, 0.3) is 0 Å². The van der Waals surface area contributed by atoms with E-state index in [-0.39, 0.29) is 6.10 Å². The summed E-state index contributed by atoms with van der Waals surface area (Å²) in [5.41, 5.74) is 0. The van der Waals surface area contributed by atoms with E-state index in [1.165, 1.54) is 7.11 Å². The van der Waals surface area contributed by atoms with Crippen LogP contribution in [-0.2, 0) is 9.47 Å². The van der Waals surface area contributed by atoms with E-state index in [2.05, 4.69) is 0 Å². The summed E-state index contributed by atoms with van der Waals surface area (Å²) in [6.45, 7) is 4.00. The summed E-state index contributed by atoms with van der Waals surface area (Å²) in [6, 6.07) is 0. The molecule has 0 aromatic heterocycles. The highest BCUT2D eigenvalue weighted by Crippen LogP contribution is 2.28. The molecule has 0 spiro atoms. The largest absolute Gasteiger partial charge is 0.496 e. The molecule has 0 heterocycles. The van der Waals surface area contributed by atoms with Gasteiger partial charge >= 0.3 is 0 Å². The first-order valence-corrected chi connectivity index (χ1v) is 4.69. The van der Waals surface area contributed by atoms with Crippen LogP contribution in [0.25, 0.3) is 0 Å². The van der Waals surface area contributed by atoms with E-state index >= 15 is 0 Å². The summed E-state index contributed by atoms with van der Waals surface area (Å²) in [4.78, 5) is 0. The average Bonchev–Trinajstić information content (AvgIpc) is 2.09. The van der Waals surface area contributed by atoms with Crippen LogP contribution in [0.3, 0.4) is 0 Å². The van der Waals surface area contributed by atoms with Crippen molar-refractivity contribution in [3.8, 4) is 0 Å². The van der Waals surface area contributed by atoms with Crippen LogP contribution in [0.1, 0.15) is 33.1 Å². The Bertz CT molecular complexity index is 198. The van der Waals surface area contributed by atoms with E-state index in [0.29, 0.717) is 12.8 Å². The third kappa shape index (κ3) is 3.01. The molecular formula is C10H18O3. The second-order valence-electron chi connectivity index (χ2n) is 3.69. The summed E-state index contributed by atoms with van der Waals surface area (Å²) in [5, 5.41) is 9.71. The number of aliphatic hydroxyl groups is 1. The molecule has 1 aliphatic rings. The van der Waals surface area contributed by atoms with Crippen molar-refractivity contribution >= 4 is 0 Å². The Morgan fingerprint density at radius 3 is 2.62 bits per heavy atom. The topological polar surface area (TPSA) is 38.7 Å². The Labute approximate surface area is 79.3 Å². The summed E-state index contributed by atoms with van der Waals surface area (Å²) in [7, 11) is 1.53. The zero-order valence-electron chi connectivity index (χ0n) is 8.54. The molecule has 0 saturated carbocycles. The molecule has 13 heavy (non-hydrogen) atoms. The Morgan fingerprint density at radius 1 is 1.54 bits per heavy atom. The number of allylic oxidation sites excluding steroid dienone is 1. The zero-order valence-corrected chi connectivity index (χ0v) is 8.54. The summed E-state index contributed by atoms with van der Waals surface area (Å²) in [5.74, 6) is 0.000777. The molecule has 0 saturated heterocycles. The lowest BCUT2D eigenvalue weighted by Crippen LogP contribution is -2.32. The van der Waals surface area contributed by atoms with Crippen LogP contribution in [0.4, 0.5) is 0 Å². The molecule has 0 bridgehead atoms. The fourth-order valence-corrected chi connectivity index (χ4v) is 1.39. The van der Waals surface area contributed by atoms with Crippen LogP contribution in [0.2, 0.25) is 0 Å². The Kier molecular flexibility index (Phi) is 3.33. The molecule has 0 aromatic rings. The van der Waals surface area contributed by atoms with E-state index in [9.17, 15) is 5.11 Å². The van der Waals surface area contributed by atoms with Crippen molar-refractivity contribution in [1.29, 1.82) is 0 Å². The third-order valence-electron chi connectivity index (χ3n) is 2.18. The molecule has 0 radical (unpaired) electrons. The van der Waals surface area contributed by atoms with Gasteiger partial charge in [0.15, 0.2) is 5.79 Å². The van der Waals surface area contributed by atoms with E-state index < -0.39 is 5.79 Å². The molecule has 1 rings (SSSR count). The van der Waals surface area contributed by atoms with Gasteiger partial charge in [-0.2, -0.15) is 0 Å². The highest BCUT2D eigenvalue weighted by molar-refractivity contribution is 5.02. The quantitative estimate of drug-likeness (QED) is 0.683. The van der Waals surface area contributed by atoms with Gasteiger partial charge in [-0.25, -0.2) is 0 Å². The fraction of sp³-hybridized carbons (Fsp3) is 0.800. The zero-order chi connectivity index (χ0) is 9.90. The predicted molar refractivity (Wildman–Crippen MR) is 50.1 cm³/mol. The first-order chi connectivity index (χ1) is 6.06. The van der Waals surface area contributed by atoms with Crippen molar-refractivity contribution in [2.45, 2.75) is 45.0 Å². The molecule has 0 amide bonds. The highest BCUT2D eigenvalue weighted by atomic mass is 16.6. The van der Waals surface area contributed by atoms with Gasteiger partial charge in [0.2, 0.25) is 0 Å². The molecule has 3 nitrogen and oxygen atoms in total. The molecule has 0 fully saturated rings. The van der Waals surface area contributed by atoms with Gasteiger partial charge in [-0.05, 0) is 19.9 Å². The van der Waals surface area contributed by atoms with Crippen molar-refractivity contribution in [2.24, 2.45) is 0 Å². The standard InChI is InChI=1S/C10H18O3/c1-8(2)13-9-4-6-10(11,12-3)7-5-9/h4,8,11H,5-7H2,1-3H3. The SMILES string of the molecule is COC1(O)CC=C(OC(C)C)CC1. The van der Waals surface area contributed by atoms with E-state index in [4.69, 9.17) is 9.47 Å². The fourth-order valence-electron chi connectivity index (χ4n) is 1.39. The Morgan fingerprint density at radius 2 is 2.23 bits per heavy atom. The average molecular weight is 186 g/mol. The van der Waals surface area contributed by atoms with Crippen molar-refractivity contribution in [3.63, 3.8) is 0 Å². The van der Waals surface area contributed by atoms with E-state index in [0.717, 1.165) is 12.2 Å². The monoisotopic (exact) mass is 186 g/mol. The molecular weight excluding hydrogens is 168 g/mol. The number of rotatable bonds is 3. The van der Waals surface area contributed by atoms with Gasteiger partial charge in [0, 0.05) is 26.4 Å². The minimum atomic E-state index is -0.968. The second-order valence-corrected chi connectivity index (χ2v) is 3.69. The molecule has 1 atom stereocenters. The number of hydrogen-bond donors (Lipinski definition) is 1. The van der Waals surface area contributed by atoms with Gasteiger partial charge in [-0.3, -0.25) is 0 Å². The second kappa shape index (κ2) is 4.11. The van der Waals surface area contributed by atoms with Crippen molar-refractivity contribution < 1.29 is 14.6 Å². The molecule has 1 N–H and O–H groups in total.